The van der Waals surface area contributed by atoms with E-state index in [1.54, 1.807) is 0 Å². The smallest absolute Gasteiger partial charge is 0.231 e. The Hall–Kier alpha value is -2.17. The predicted octanol–water partition coefficient (Wildman–Crippen LogP) is 2.39. The molecule has 1 saturated heterocycles. The van der Waals surface area contributed by atoms with Crippen molar-refractivity contribution < 1.29 is 4.79 Å². The number of amides is 1. The first-order valence-corrected chi connectivity index (χ1v) is 9.16. The van der Waals surface area contributed by atoms with Gasteiger partial charge in [0.15, 0.2) is 0 Å². The summed E-state index contributed by atoms with van der Waals surface area (Å²) in [4.78, 5) is 19.2. The Morgan fingerprint density at radius 2 is 1.44 bits per heavy atom. The number of piperazine rings is 1. The van der Waals surface area contributed by atoms with Gasteiger partial charge in [-0.25, -0.2) is 0 Å². The molecule has 0 spiro atoms. The molecule has 0 N–H and O–H groups in total. The fourth-order valence-corrected chi connectivity index (χ4v) is 3.82. The molecule has 2 aromatic rings. The maximum atomic E-state index is 12.3. The van der Waals surface area contributed by atoms with Crippen molar-refractivity contribution in [1.29, 1.82) is 0 Å². The first kappa shape index (κ1) is 16.3. The summed E-state index contributed by atoms with van der Waals surface area (Å²) in [7, 11) is 0. The van der Waals surface area contributed by atoms with Crippen LogP contribution in [-0.4, -0.2) is 55.0 Å². The average molecular weight is 335 g/mol. The SMILES string of the molecule is O=C1Cc2ccccc2N1CCN1CCN(Cc2ccccc2)CC1. The number of benzene rings is 2. The van der Waals surface area contributed by atoms with Crippen molar-refractivity contribution in [3.63, 3.8) is 0 Å². The van der Waals surface area contributed by atoms with Gasteiger partial charge in [0.05, 0.1) is 6.42 Å². The number of hydrogen-bond donors (Lipinski definition) is 0. The van der Waals surface area contributed by atoms with Crippen molar-refractivity contribution in [2.45, 2.75) is 13.0 Å². The number of fused-ring (bicyclic) bond motifs is 1. The van der Waals surface area contributed by atoms with Crippen LogP contribution in [0.25, 0.3) is 0 Å². The van der Waals surface area contributed by atoms with Crippen LogP contribution in [0, 0.1) is 0 Å². The summed E-state index contributed by atoms with van der Waals surface area (Å²) in [6.07, 6.45) is 0.557. The molecule has 0 aromatic heterocycles. The third-order valence-electron chi connectivity index (χ3n) is 5.28. The molecule has 2 heterocycles. The summed E-state index contributed by atoms with van der Waals surface area (Å²) in [6.45, 7) is 7.15. The summed E-state index contributed by atoms with van der Waals surface area (Å²) >= 11 is 0. The van der Waals surface area contributed by atoms with Crippen LogP contribution < -0.4 is 4.90 Å². The zero-order valence-electron chi connectivity index (χ0n) is 14.6. The maximum Gasteiger partial charge on any atom is 0.231 e. The topological polar surface area (TPSA) is 26.8 Å². The van der Waals surface area contributed by atoms with Crippen molar-refractivity contribution in [3.05, 3.63) is 65.7 Å². The molecule has 0 radical (unpaired) electrons. The van der Waals surface area contributed by atoms with Gasteiger partial charge in [-0.1, -0.05) is 48.5 Å². The van der Waals surface area contributed by atoms with Gasteiger partial charge in [-0.2, -0.15) is 0 Å². The molecule has 130 valence electrons. The minimum Gasteiger partial charge on any atom is -0.311 e. The van der Waals surface area contributed by atoms with E-state index in [0.29, 0.717) is 6.42 Å². The van der Waals surface area contributed by atoms with Crippen LogP contribution in [0.2, 0.25) is 0 Å². The minimum atomic E-state index is 0.240. The van der Waals surface area contributed by atoms with Gasteiger partial charge in [-0.05, 0) is 17.2 Å². The number of para-hydroxylation sites is 1. The lowest BCUT2D eigenvalue weighted by molar-refractivity contribution is -0.117. The molecule has 0 saturated carbocycles. The van der Waals surface area contributed by atoms with E-state index in [-0.39, 0.29) is 5.91 Å². The number of hydrogen-bond acceptors (Lipinski definition) is 3. The van der Waals surface area contributed by atoms with Crippen molar-refractivity contribution in [3.8, 4) is 0 Å². The van der Waals surface area contributed by atoms with Gasteiger partial charge < -0.3 is 4.90 Å². The van der Waals surface area contributed by atoms with Crippen LogP contribution in [0.3, 0.4) is 0 Å². The van der Waals surface area contributed by atoms with E-state index in [9.17, 15) is 4.79 Å². The Bertz CT molecular complexity index is 723. The number of carbonyl (C=O) groups excluding carboxylic acids is 1. The van der Waals surface area contributed by atoms with E-state index in [0.717, 1.165) is 51.5 Å². The third kappa shape index (κ3) is 3.75. The monoisotopic (exact) mass is 335 g/mol. The molecular formula is C21H25N3O. The summed E-state index contributed by atoms with van der Waals surface area (Å²) in [5.41, 5.74) is 3.66. The second-order valence-corrected chi connectivity index (χ2v) is 6.95. The minimum absolute atomic E-state index is 0.240. The largest absolute Gasteiger partial charge is 0.311 e. The molecule has 0 bridgehead atoms. The van der Waals surface area contributed by atoms with E-state index >= 15 is 0 Å². The first-order chi connectivity index (χ1) is 12.3. The number of nitrogens with zero attached hydrogens (tertiary/aromatic N) is 3. The van der Waals surface area contributed by atoms with E-state index < -0.39 is 0 Å². The molecule has 2 aliphatic heterocycles. The summed E-state index contributed by atoms with van der Waals surface area (Å²) < 4.78 is 0. The fraction of sp³-hybridized carbons (Fsp3) is 0.381. The number of anilines is 1. The molecule has 4 heteroatoms. The summed E-state index contributed by atoms with van der Waals surface area (Å²) in [6, 6.07) is 18.8. The highest BCUT2D eigenvalue weighted by atomic mass is 16.2. The first-order valence-electron chi connectivity index (χ1n) is 9.16. The molecule has 25 heavy (non-hydrogen) atoms. The van der Waals surface area contributed by atoms with Gasteiger partial charge in [0.25, 0.3) is 0 Å². The fourth-order valence-electron chi connectivity index (χ4n) is 3.82. The van der Waals surface area contributed by atoms with E-state index in [2.05, 4.69) is 52.3 Å². The van der Waals surface area contributed by atoms with Crippen LogP contribution in [0.4, 0.5) is 5.69 Å². The zero-order valence-corrected chi connectivity index (χ0v) is 14.6. The van der Waals surface area contributed by atoms with E-state index in [1.807, 2.05) is 17.0 Å². The molecule has 0 unspecified atom stereocenters. The molecule has 4 nitrogen and oxygen atoms in total. The highest BCUT2D eigenvalue weighted by Crippen LogP contribution is 2.28. The number of rotatable bonds is 5. The molecular weight excluding hydrogens is 310 g/mol. The van der Waals surface area contributed by atoms with Crippen LogP contribution >= 0.6 is 0 Å². The van der Waals surface area contributed by atoms with Gasteiger partial charge in [0.1, 0.15) is 0 Å². The quantitative estimate of drug-likeness (QED) is 0.839. The standard InChI is InChI=1S/C21H25N3O/c25-21-16-19-8-4-5-9-20(19)24(21)15-14-22-10-12-23(13-11-22)17-18-6-2-1-3-7-18/h1-9H,10-17H2. The van der Waals surface area contributed by atoms with Crippen LogP contribution in [0.5, 0.6) is 0 Å². The number of carbonyl (C=O) groups is 1. The molecule has 0 aliphatic carbocycles. The Balaban J connectivity index is 1.26. The Labute approximate surface area is 149 Å². The Morgan fingerprint density at radius 3 is 2.24 bits per heavy atom. The van der Waals surface area contributed by atoms with Crippen LogP contribution in [-0.2, 0) is 17.8 Å². The van der Waals surface area contributed by atoms with Gasteiger partial charge in [-0.3, -0.25) is 14.6 Å². The molecule has 2 aromatic carbocycles. The lowest BCUT2D eigenvalue weighted by Crippen LogP contribution is -2.48. The van der Waals surface area contributed by atoms with Crippen molar-refractivity contribution in [2.24, 2.45) is 0 Å². The summed E-state index contributed by atoms with van der Waals surface area (Å²) in [5, 5.41) is 0. The van der Waals surface area contributed by atoms with Crippen molar-refractivity contribution >= 4 is 11.6 Å². The maximum absolute atomic E-state index is 12.3. The molecule has 1 fully saturated rings. The Morgan fingerprint density at radius 1 is 0.760 bits per heavy atom. The second kappa shape index (κ2) is 7.38. The van der Waals surface area contributed by atoms with Gasteiger partial charge >= 0.3 is 0 Å². The van der Waals surface area contributed by atoms with E-state index in [1.165, 1.54) is 11.1 Å². The lowest BCUT2D eigenvalue weighted by Gasteiger charge is -2.35. The normalized spacial score (nSPS) is 18.6. The van der Waals surface area contributed by atoms with Gasteiger partial charge in [0, 0.05) is 51.5 Å². The molecule has 4 rings (SSSR count). The van der Waals surface area contributed by atoms with Gasteiger partial charge in [0.2, 0.25) is 5.91 Å². The molecule has 2 aliphatic rings. The third-order valence-corrected chi connectivity index (χ3v) is 5.28. The zero-order chi connectivity index (χ0) is 17.1. The predicted molar refractivity (Wildman–Crippen MR) is 101 cm³/mol. The lowest BCUT2D eigenvalue weighted by atomic mass is 10.2. The average Bonchev–Trinajstić information content (AvgIpc) is 2.97. The summed E-state index contributed by atoms with van der Waals surface area (Å²) in [5.74, 6) is 0.240. The highest BCUT2D eigenvalue weighted by Gasteiger charge is 2.27. The molecule has 0 atom stereocenters. The van der Waals surface area contributed by atoms with Crippen molar-refractivity contribution in [2.75, 3.05) is 44.2 Å². The van der Waals surface area contributed by atoms with Crippen LogP contribution in [0.15, 0.2) is 54.6 Å². The highest BCUT2D eigenvalue weighted by molar-refractivity contribution is 6.01. The Kier molecular flexibility index (Phi) is 4.81. The second-order valence-electron chi connectivity index (χ2n) is 6.95. The van der Waals surface area contributed by atoms with Crippen LogP contribution in [0.1, 0.15) is 11.1 Å². The van der Waals surface area contributed by atoms with E-state index in [4.69, 9.17) is 0 Å². The van der Waals surface area contributed by atoms with Crippen molar-refractivity contribution in [1.82, 2.24) is 9.80 Å². The molecule has 1 amide bonds. The van der Waals surface area contributed by atoms with Gasteiger partial charge in [-0.15, -0.1) is 0 Å².